The molecule has 0 unspecified atom stereocenters. The van der Waals surface area contributed by atoms with Gasteiger partial charge >= 0.3 is 0 Å². The molecule has 5 heteroatoms. The Morgan fingerprint density at radius 2 is 1.95 bits per heavy atom. The van der Waals surface area contributed by atoms with Gasteiger partial charge in [-0.15, -0.1) is 0 Å². The van der Waals surface area contributed by atoms with E-state index >= 15 is 0 Å². The molecule has 1 heterocycles. The zero-order chi connectivity index (χ0) is 14.4. The van der Waals surface area contributed by atoms with Crippen LogP contribution in [0.3, 0.4) is 0 Å². The molecule has 0 atom stereocenters. The Balaban J connectivity index is 2.08. The highest BCUT2D eigenvalue weighted by Gasteiger charge is 2.09. The van der Waals surface area contributed by atoms with Gasteiger partial charge in [0.05, 0.1) is 6.54 Å². The first-order valence-electron chi connectivity index (χ1n) is 6.46. The number of nitrogens with two attached hydrogens (primary N) is 1. The molecule has 0 amide bonds. The van der Waals surface area contributed by atoms with E-state index in [9.17, 15) is 9.90 Å². The van der Waals surface area contributed by atoms with Crippen molar-refractivity contribution < 1.29 is 9.52 Å². The topological polar surface area (TPSA) is 79.7 Å². The van der Waals surface area contributed by atoms with Gasteiger partial charge in [-0.2, -0.15) is 0 Å². The van der Waals surface area contributed by atoms with Gasteiger partial charge < -0.3 is 15.3 Å². The van der Waals surface area contributed by atoms with E-state index in [0.29, 0.717) is 25.4 Å². The molecule has 0 aliphatic heterocycles. The molecule has 2 aromatic rings. The summed E-state index contributed by atoms with van der Waals surface area (Å²) in [4.78, 5) is 13.5. The zero-order valence-corrected chi connectivity index (χ0v) is 11.2. The number of aromatic hydroxyl groups is 1. The summed E-state index contributed by atoms with van der Waals surface area (Å²) in [6.45, 7) is 2.42. The summed E-state index contributed by atoms with van der Waals surface area (Å²) in [6.07, 6.45) is 1.07. The van der Waals surface area contributed by atoms with Crippen molar-refractivity contribution in [2.75, 3.05) is 13.1 Å². The van der Waals surface area contributed by atoms with Crippen molar-refractivity contribution in [2.45, 2.75) is 13.1 Å². The maximum Gasteiger partial charge on any atom is 0.226 e. The van der Waals surface area contributed by atoms with E-state index < -0.39 is 5.43 Å². The van der Waals surface area contributed by atoms with Gasteiger partial charge in [0.15, 0.2) is 5.75 Å². The van der Waals surface area contributed by atoms with E-state index in [2.05, 4.69) is 4.90 Å². The molecule has 0 radical (unpaired) electrons. The summed E-state index contributed by atoms with van der Waals surface area (Å²) in [5.74, 6) is 0.138. The third-order valence-electron chi connectivity index (χ3n) is 2.94. The zero-order valence-electron chi connectivity index (χ0n) is 11.2. The van der Waals surface area contributed by atoms with Crippen LogP contribution in [-0.2, 0) is 13.1 Å². The van der Waals surface area contributed by atoms with E-state index in [1.54, 1.807) is 0 Å². The molecule has 1 aromatic heterocycles. The molecule has 5 nitrogen and oxygen atoms in total. The van der Waals surface area contributed by atoms with Gasteiger partial charge in [0.25, 0.3) is 0 Å². The fourth-order valence-corrected chi connectivity index (χ4v) is 1.99. The second-order valence-corrected chi connectivity index (χ2v) is 4.58. The minimum Gasteiger partial charge on any atom is -0.502 e. The number of hydrogen-bond acceptors (Lipinski definition) is 5. The van der Waals surface area contributed by atoms with Crippen LogP contribution in [0.15, 0.2) is 51.9 Å². The molecule has 0 aliphatic rings. The number of hydrogen-bond donors (Lipinski definition) is 2. The van der Waals surface area contributed by atoms with Crippen LogP contribution >= 0.6 is 0 Å². The van der Waals surface area contributed by atoms with Gasteiger partial charge in [0.1, 0.15) is 12.0 Å². The van der Waals surface area contributed by atoms with Gasteiger partial charge in [0.2, 0.25) is 5.43 Å². The largest absolute Gasteiger partial charge is 0.502 e. The molecule has 0 spiro atoms. The van der Waals surface area contributed by atoms with Crippen molar-refractivity contribution in [2.24, 2.45) is 5.73 Å². The molecule has 3 N–H and O–H groups in total. The van der Waals surface area contributed by atoms with Gasteiger partial charge in [-0.25, -0.2) is 0 Å². The SMILES string of the molecule is NCCN(Cc1ccccc1)Cc1cc(=O)c(O)co1. The lowest BCUT2D eigenvalue weighted by Crippen LogP contribution is -2.29. The quantitative estimate of drug-likeness (QED) is 0.830. The predicted molar refractivity (Wildman–Crippen MR) is 76.3 cm³/mol. The smallest absolute Gasteiger partial charge is 0.226 e. The van der Waals surface area contributed by atoms with Crippen LogP contribution < -0.4 is 11.2 Å². The molecule has 106 valence electrons. The fraction of sp³-hybridized carbons (Fsp3) is 0.267. The minimum atomic E-state index is -0.432. The first kappa shape index (κ1) is 14.3. The van der Waals surface area contributed by atoms with Crippen molar-refractivity contribution in [1.82, 2.24) is 4.90 Å². The second-order valence-electron chi connectivity index (χ2n) is 4.58. The molecule has 2 rings (SSSR count). The van der Waals surface area contributed by atoms with Crippen LogP contribution in [0.2, 0.25) is 0 Å². The Morgan fingerprint density at radius 1 is 1.20 bits per heavy atom. The van der Waals surface area contributed by atoms with Crippen molar-refractivity contribution in [3.8, 4) is 5.75 Å². The summed E-state index contributed by atoms with van der Waals surface area (Å²) < 4.78 is 5.22. The maximum atomic E-state index is 11.4. The molecular formula is C15H18N2O3. The van der Waals surface area contributed by atoms with Gasteiger partial charge in [-0.05, 0) is 5.56 Å². The highest BCUT2D eigenvalue weighted by Crippen LogP contribution is 2.10. The molecular weight excluding hydrogens is 256 g/mol. The molecule has 0 aliphatic carbocycles. The average Bonchev–Trinajstić information content (AvgIpc) is 2.44. The Morgan fingerprint density at radius 3 is 2.60 bits per heavy atom. The van der Waals surface area contributed by atoms with Crippen LogP contribution in [0.4, 0.5) is 0 Å². The summed E-state index contributed by atoms with van der Waals surface area (Å²) in [5, 5.41) is 9.18. The number of nitrogens with zero attached hydrogens (tertiary/aromatic N) is 1. The number of benzene rings is 1. The van der Waals surface area contributed by atoms with Crippen LogP contribution in [0, 0.1) is 0 Å². The van der Waals surface area contributed by atoms with Crippen LogP contribution in [0.1, 0.15) is 11.3 Å². The summed E-state index contributed by atoms with van der Waals surface area (Å²) in [5.41, 5.74) is 6.35. The van der Waals surface area contributed by atoms with Crippen molar-refractivity contribution in [1.29, 1.82) is 0 Å². The Bertz CT molecular complexity index is 596. The standard InChI is InChI=1S/C15H18N2O3/c16-6-7-17(9-12-4-2-1-3-5-12)10-13-8-14(18)15(19)11-20-13/h1-5,8,11,19H,6-7,9-10,16H2. The highest BCUT2D eigenvalue weighted by molar-refractivity contribution is 5.16. The maximum absolute atomic E-state index is 11.4. The van der Waals surface area contributed by atoms with Crippen molar-refractivity contribution >= 4 is 0 Å². The first-order valence-corrected chi connectivity index (χ1v) is 6.46. The van der Waals surface area contributed by atoms with E-state index in [1.807, 2.05) is 30.3 Å². The predicted octanol–water partition coefficient (Wildman–Crippen LogP) is 1.31. The van der Waals surface area contributed by atoms with Crippen molar-refractivity contribution in [3.05, 3.63) is 64.2 Å². The summed E-state index contributed by atoms with van der Waals surface area (Å²) in [6, 6.07) is 11.3. The fourth-order valence-electron chi connectivity index (χ4n) is 1.99. The van der Waals surface area contributed by atoms with Crippen LogP contribution in [-0.4, -0.2) is 23.1 Å². The average molecular weight is 274 g/mol. The van der Waals surface area contributed by atoms with Crippen LogP contribution in [0.5, 0.6) is 5.75 Å². The van der Waals surface area contributed by atoms with Crippen LogP contribution in [0.25, 0.3) is 0 Å². The molecule has 0 saturated carbocycles. The monoisotopic (exact) mass is 274 g/mol. The Labute approximate surface area is 117 Å². The highest BCUT2D eigenvalue weighted by atomic mass is 16.4. The Hall–Kier alpha value is -2.11. The van der Waals surface area contributed by atoms with Gasteiger partial charge in [-0.3, -0.25) is 9.69 Å². The van der Waals surface area contributed by atoms with E-state index in [0.717, 1.165) is 12.8 Å². The normalized spacial score (nSPS) is 10.9. The molecule has 0 fully saturated rings. The minimum absolute atomic E-state index is 0.373. The lowest BCUT2D eigenvalue weighted by atomic mass is 10.2. The molecule has 0 saturated heterocycles. The molecule has 1 aromatic carbocycles. The van der Waals surface area contributed by atoms with E-state index in [-0.39, 0.29) is 5.75 Å². The first-order chi connectivity index (χ1) is 9.69. The number of rotatable bonds is 6. The summed E-state index contributed by atoms with van der Waals surface area (Å²) >= 11 is 0. The lowest BCUT2D eigenvalue weighted by Gasteiger charge is -2.20. The lowest BCUT2D eigenvalue weighted by molar-refractivity contribution is 0.238. The van der Waals surface area contributed by atoms with E-state index in [4.69, 9.17) is 10.2 Å². The molecule has 0 bridgehead atoms. The Kier molecular flexibility index (Phi) is 4.92. The molecule has 20 heavy (non-hydrogen) atoms. The third kappa shape index (κ3) is 3.94. The van der Waals surface area contributed by atoms with Gasteiger partial charge in [0, 0.05) is 25.7 Å². The van der Waals surface area contributed by atoms with Crippen molar-refractivity contribution in [3.63, 3.8) is 0 Å². The second kappa shape index (κ2) is 6.88. The van der Waals surface area contributed by atoms with Gasteiger partial charge in [-0.1, -0.05) is 30.3 Å². The summed E-state index contributed by atoms with van der Waals surface area (Å²) in [7, 11) is 0. The van der Waals surface area contributed by atoms with E-state index in [1.165, 1.54) is 11.6 Å². The third-order valence-corrected chi connectivity index (χ3v) is 2.94.